The Morgan fingerprint density at radius 3 is 2.85 bits per heavy atom. The maximum absolute atomic E-state index is 8.97. The van der Waals surface area contributed by atoms with Crippen LogP contribution in [-0.4, -0.2) is 0 Å². The number of fused-ring (bicyclic) bond motifs is 1. The first-order valence-electron chi connectivity index (χ1n) is 3.83. The molecule has 2 rings (SSSR count). The van der Waals surface area contributed by atoms with Crippen LogP contribution in [0.4, 0.5) is 0 Å². The molecule has 1 nitrogen and oxygen atoms in total. The second kappa shape index (κ2) is 3.49. The normalized spacial score (nSPS) is 10.2. The highest BCUT2D eigenvalue weighted by Gasteiger charge is 2.09. The highest BCUT2D eigenvalue weighted by atomic mass is 79.9. The number of rotatable bonds is 1. The molecule has 1 aromatic carbocycles. The van der Waals surface area contributed by atoms with Crippen LogP contribution in [0.25, 0.3) is 10.1 Å². The Balaban J connectivity index is 2.83. The van der Waals surface area contributed by atoms with Gasteiger partial charge in [-0.25, -0.2) is 0 Å². The quantitative estimate of drug-likeness (QED) is 0.710. The van der Waals surface area contributed by atoms with E-state index in [4.69, 9.17) is 5.26 Å². The van der Waals surface area contributed by atoms with Gasteiger partial charge in [0.1, 0.15) is 6.07 Å². The average Bonchev–Trinajstić information content (AvgIpc) is 2.55. The Kier molecular flexibility index (Phi) is 2.34. The minimum absolute atomic E-state index is 0.759. The van der Waals surface area contributed by atoms with E-state index < -0.39 is 0 Å². The molecule has 1 aromatic heterocycles. The Labute approximate surface area is 88.7 Å². The van der Waals surface area contributed by atoms with Gasteiger partial charge in [-0.1, -0.05) is 34.1 Å². The van der Waals surface area contributed by atoms with Gasteiger partial charge in [-0.3, -0.25) is 0 Å². The van der Waals surface area contributed by atoms with Crippen LogP contribution >= 0.6 is 27.3 Å². The molecule has 0 saturated heterocycles. The number of halogens is 1. The fourth-order valence-corrected chi connectivity index (χ4v) is 2.94. The number of thiophene rings is 1. The largest absolute Gasteiger partial charge is 0.192 e. The van der Waals surface area contributed by atoms with E-state index in [0.29, 0.717) is 0 Å². The lowest BCUT2D eigenvalue weighted by Crippen LogP contribution is -1.75. The summed E-state index contributed by atoms with van der Waals surface area (Å²) >= 11 is 5.07. The Bertz CT molecular complexity index is 481. The van der Waals surface area contributed by atoms with Crippen LogP contribution in [0, 0.1) is 11.3 Å². The molecule has 0 bridgehead atoms. The maximum atomic E-state index is 8.97. The van der Waals surface area contributed by atoms with E-state index in [1.54, 1.807) is 11.3 Å². The van der Waals surface area contributed by atoms with Crippen molar-refractivity contribution in [1.82, 2.24) is 0 Å². The summed E-state index contributed by atoms with van der Waals surface area (Å²) in [6.45, 7) is 0. The van der Waals surface area contributed by atoms with E-state index in [1.807, 2.05) is 24.3 Å². The average molecular weight is 252 g/mol. The highest BCUT2D eigenvalue weighted by molar-refractivity contribution is 9.08. The van der Waals surface area contributed by atoms with Crippen molar-refractivity contribution < 1.29 is 0 Å². The number of benzene rings is 1. The van der Waals surface area contributed by atoms with Gasteiger partial charge >= 0.3 is 0 Å². The van der Waals surface area contributed by atoms with Crippen molar-refractivity contribution in [3.8, 4) is 6.07 Å². The smallest absolute Gasteiger partial charge is 0.101 e. The number of nitrogens with zero attached hydrogens (tertiary/aromatic N) is 1. The zero-order chi connectivity index (χ0) is 9.26. The van der Waals surface area contributed by atoms with Gasteiger partial charge in [0.25, 0.3) is 0 Å². The van der Waals surface area contributed by atoms with Crippen molar-refractivity contribution in [3.63, 3.8) is 0 Å². The molecule has 0 unspecified atom stereocenters. The van der Waals surface area contributed by atoms with Crippen LogP contribution < -0.4 is 0 Å². The van der Waals surface area contributed by atoms with Crippen molar-refractivity contribution in [1.29, 1.82) is 5.26 Å². The Morgan fingerprint density at radius 1 is 1.38 bits per heavy atom. The predicted octanol–water partition coefficient (Wildman–Crippen LogP) is 3.67. The monoisotopic (exact) mass is 251 g/mol. The summed E-state index contributed by atoms with van der Waals surface area (Å²) in [6, 6.07) is 10.3. The van der Waals surface area contributed by atoms with E-state index in [2.05, 4.69) is 22.0 Å². The Morgan fingerprint density at radius 2 is 2.15 bits per heavy atom. The molecule has 1 heterocycles. The third kappa shape index (κ3) is 1.37. The highest BCUT2D eigenvalue weighted by Crippen LogP contribution is 2.31. The Hall–Kier alpha value is -0.850. The summed E-state index contributed by atoms with van der Waals surface area (Å²) in [4.78, 5) is 1.11. The molecule has 0 fully saturated rings. The molecule has 0 radical (unpaired) electrons. The third-order valence-corrected chi connectivity index (χ3v) is 4.00. The lowest BCUT2D eigenvalue weighted by atomic mass is 10.1. The van der Waals surface area contributed by atoms with E-state index in [-0.39, 0.29) is 0 Å². The molecule has 0 aliphatic heterocycles. The van der Waals surface area contributed by atoms with E-state index in [0.717, 1.165) is 21.2 Å². The first-order valence-corrected chi connectivity index (χ1v) is 5.77. The first-order chi connectivity index (χ1) is 6.36. The van der Waals surface area contributed by atoms with E-state index >= 15 is 0 Å². The molecule has 0 amide bonds. The van der Waals surface area contributed by atoms with E-state index in [9.17, 15) is 0 Å². The maximum Gasteiger partial charge on any atom is 0.101 e. The second-order valence-corrected chi connectivity index (χ2v) is 4.34. The van der Waals surface area contributed by atoms with Crippen molar-refractivity contribution >= 4 is 37.4 Å². The zero-order valence-electron chi connectivity index (χ0n) is 6.75. The lowest BCUT2D eigenvalue weighted by Gasteiger charge is -1.87. The summed E-state index contributed by atoms with van der Waals surface area (Å²) in [5.41, 5.74) is 0.817. The lowest BCUT2D eigenvalue weighted by molar-refractivity contribution is 1.47. The van der Waals surface area contributed by atoms with Gasteiger partial charge in [-0.05, 0) is 6.07 Å². The molecule has 0 aliphatic rings. The van der Waals surface area contributed by atoms with Crippen LogP contribution in [0.15, 0.2) is 24.3 Å². The van der Waals surface area contributed by atoms with Gasteiger partial charge in [-0.15, -0.1) is 11.3 Å². The molecule has 64 valence electrons. The molecule has 0 N–H and O–H groups in total. The van der Waals surface area contributed by atoms with Gasteiger partial charge in [-0.2, -0.15) is 5.26 Å². The van der Waals surface area contributed by atoms with Gasteiger partial charge in [0.15, 0.2) is 0 Å². The summed E-state index contributed by atoms with van der Waals surface area (Å²) in [7, 11) is 0. The SMILES string of the molecule is N#Cc1c(CBr)sc2ccccc12. The first kappa shape index (κ1) is 8.74. The minimum Gasteiger partial charge on any atom is -0.192 e. The second-order valence-electron chi connectivity index (χ2n) is 2.64. The summed E-state index contributed by atoms with van der Waals surface area (Å²) in [5.74, 6) is 0. The zero-order valence-corrected chi connectivity index (χ0v) is 9.15. The van der Waals surface area contributed by atoms with Gasteiger partial charge < -0.3 is 0 Å². The van der Waals surface area contributed by atoms with Gasteiger partial charge in [0.2, 0.25) is 0 Å². The molecule has 0 atom stereocenters. The topological polar surface area (TPSA) is 23.8 Å². The van der Waals surface area contributed by atoms with Crippen LogP contribution in [0.5, 0.6) is 0 Å². The molecule has 3 heteroatoms. The van der Waals surface area contributed by atoms with Crippen LogP contribution in [-0.2, 0) is 5.33 Å². The molecule has 0 aliphatic carbocycles. The van der Waals surface area contributed by atoms with Crippen molar-refractivity contribution in [3.05, 3.63) is 34.7 Å². The summed E-state index contributed by atoms with van der Waals surface area (Å²) in [6.07, 6.45) is 0. The molecule has 13 heavy (non-hydrogen) atoms. The van der Waals surface area contributed by atoms with Crippen molar-refractivity contribution in [2.75, 3.05) is 0 Å². The van der Waals surface area contributed by atoms with Crippen LogP contribution in [0.2, 0.25) is 0 Å². The number of hydrogen-bond donors (Lipinski definition) is 0. The molecule has 0 saturated carbocycles. The van der Waals surface area contributed by atoms with Crippen molar-refractivity contribution in [2.24, 2.45) is 0 Å². The number of nitriles is 1. The molecular formula is C10H6BrNS. The third-order valence-electron chi connectivity index (χ3n) is 1.90. The summed E-state index contributed by atoms with van der Waals surface area (Å²) in [5, 5.41) is 10.8. The molecule has 0 spiro atoms. The van der Waals surface area contributed by atoms with Crippen LogP contribution in [0.1, 0.15) is 10.4 Å². The number of alkyl halides is 1. The summed E-state index contributed by atoms with van der Waals surface area (Å²) < 4.78 is 1.19. The number of hydrogen-bond acceptors (Lipinski definition) is 2. The molecular weight excluding hydrogens is 246 g/mol. The minimum atomic E-state index is 0.759. The predicted molar refractivity (Wildman–Crippen MR) is 59.2 cm³/mol. The van der Waals surface area contributed by atoms with E-state index in [1.165, 1.54) is 4.70 Å². The van der Waals surface area contributed by atoms with Crippen LogP contribution in [0.3, 0.4) is 0 Å². The van der Waals surface area contributed by atoms with Gasteiger partial charge in [0, 0.05) is 20.3 Å². The molecule has 2 aromatic rings. The fraction of sp³-hybridized carbons (Fsp3) is 0.100. The standard InChI is InChI=1S/C10H6BrNS/c11-5-10-8(6-12)7-3-1-2-4-9(7)13-10/h1-4H,5H2. The van der Waals surface area contributed by atoms with Crippen molar-refractivity contribution in [2.45, 2.75) is 5.33 Å². The van der Waals surface area contributed by atoms with Gasteiger partial charge in [0.05, 0.1) is 5.56 Å². The fourth-order valence-electron chi connectivity index (χ4n) is 1.31.